The molecular weight excluding hydrogens is 442 g/mol. The van der Waals surface area contributed by atoms with E-state index in [-0.39, 0.29) is 0 Å². The molecule has 0 radical (unpaired) electrons. The van der Waals surface area contributed by atoms with Gasteiger partial charge in [0.1, 0.15) is 22.3 Å². The number of benzene rings is 6. The summed E-state index contributed by atoms with van der Waals surface area (Å²) >= 11 is 0. The molecule has 2 aromatic heterocycles. The van der Waals surface area contributed by atoms with Gasteiger partial charge in [0, 0.05) is 27.1 Å². The van der Waals surface area contributed by atoms with Crippen LogP contribution in [0.25, 0.3) is 81.4 Å². The maximum atomic E-state index is 7.41. The van der Waals surface area contributed by atoms with Crippen molar-refractivity contribution in [2.24, 2.45) is 0 Å². The number of rotatable bonds is 1. The number of furan rings is 2. The van der Waals surface area contributed by atoms with Crippen molar-refractivity contribution in [3.63, 3.8) is 0 Å². The first-order valence-electron chi connectivity index (χ1n) is 11.9. The quantitative estimate of drug-likeness (QED) is 0.229. The molecule has 8 rings (SSSR count). The Kier molecular flexibility index (Phi) is 3.73. The van der Waals surface area contributed by atoms with Crippen molar-refractivity contribution < 1.29 is 8.83 Å². The molecule has 0 unspecified atom stereocenters. The minimum atomic E-state index is 0.605. The van der Waals surface area contributed by atoms with Crippen molar-refractivity contribution >= 4 is 71.1 Å². The predicted molar refractivity (Wildman–Crippen MR) is 148 cm³/mol. The lowest BCUT2D eigenvalue weighted by Gasteiger charge is -2.07. The van der Waals surface area contributed by atoms with Crippen LogP contribution in [0.3, 0.4) is 0 Å². The van der Waals surface area contributed by atoms with Crippen molar-refractivity contribution in [1.82, 2.24) is 0 Å². The number of nitrogens with zero attached hydrogens (tertiary/aromatic N) is 1. The van der Waals surface area contributed by atoms with Crippen molar-refractivity contribution in [2.75, 3.05) is 0 Å². The lowest BCUT2D eigenvalue weighted by Crippen LogP contribution is -1.82. The van der Waals surface area contributed by atoms with Gasteiger partial charge in [-0.25, -0.2) is 4.85 Å². The molecule has 0 fully saturated rings. The summed E-state index contributed by atoms with van der Waals surface area (Å²) in [4.78, 5) is 3.60. The zero-order chi connectivity index (χ0) is 23.8. The Morgan fingerprint density at radius 3 is 2.08 bits per heavy atom. The summed E-state index contributed by atoms with van der Waals surface area (Å²) in [6, 6.07) is 35.3. The molecule has 0 aliphatic heterocycles. The molecule has 8 aromatic rings. The van der Waals surface area contributed by atoms with Crippen LogP contribution in [0.2, 0.25) is 0 Å². The van der Waals surface area contributed by atoms with Crippen LogP contribution in [0, 0.1) is 6.57 Å². The molecule has 6 aromatic carbocycles. The highest BCUT2D eigenvalue weighted by atomic mass is 16.3. The highest BCUT2D eigenvalue weighted by molar-refractivity contribution is 6.24. The Bertz CT molecular complexity index is 2220. The van der Waals surface area contributed by atoms with E-state index in [0.717, 1.165) is 60.4 Å². The Morgan fingerprint density at radius 1 is 0.528 bits per heavy atom. The van der Waals surface area contributed by atoms with E-state index in [1.165, 1.54) is 16.2 Å². The number of hydrogen-bond donors (Lipinski definition) is 0. The maximum absolute atomic E-state index is 7.41. The molecule has 0 aliphatic carbocycles. The first kappa shape index (κ1) is 19.3. The molecule has 0 N–H and O–H groups in total. The molecule has 0 atom stereocenters. The van der Waals surface area contributed by atoms with Crippen LogP contribution in [0.1, 0.15) is 0 Å². The SMILES string of the molecule is [C-]#[N+]c1ccc2oc3ccc(-c4cc5ccccc5c5c4oc4cc6ccccc6cc45)cc3c2c1. The topological polar surface area (TPSA) is 30.6 Å². The molecule has 0 aliphatic rings. The van der Waals surface area contributed by atoms with Crippen LogP contribution < -0.4 is 0 Å². The molecule has 2 heterocycles. The van der Waals surface area contributed by atoms with Gasteiger partial charge < -0.3 is 8.83 Å². The Morgan fingerprint density at radius 2 is 1.25 bits per heavy atom. The first-order valence-corrected chi connectivity index (χ1v) is 11.9. The standard InChI is InChI=1S/C33H17NO2/c1-34-23-11-13-30-27(18-23)26-16-22(10-12-29(26)35-30)25-15-21-8-4-5-9-24(21)32-28-14-19-6-2-3-7-20(19)17-31(28)36-33(25)32/h2-18H. The molecule has 0 saturated heterocycles. The summed E-state index contributed by atoms with van der Waals surface area (Å²) in [6.45, 7) is 7.41. The third kappa shape index (κ3) is 2.61. The van der Waals surface area contributed by atoms with Gasteiger partial charge in [-0.05, 0) is 69.6 Å². The third-order valence-electron chi connectivity index (χ3n) is 7.22. The molecule has 0 amide bonds. The van der Waals surface area contributed by atoms with Crippen molar-refractivity contribution in [3.8, 4) is 11.1 Å². The Balaban J connectivity index is 1.50. The van der Waals surface area contributed by atoms with E-state index in [0.29, 0.717) is 5.69 Å². The summed E-state index contributed by atoms with van der Waals surface area (Å²) < 4.78 is 12.7. The van der Waals surface area contributed by atoms with Crippen molar-refractivity contribution in [3.05, 3.63) is 115 Å². The smallest absolute Gasteiger partial charge is 0.188 e. The normalized spacial score (nSPS) is 11.9. The van der Waals surface area contributed by atoms with E-state index in [4.69, 9.17) is 15.4 Å². The third-order valence-corrected chi connectivity index (χ3v) is 7.22. The maximum Gasteiger partial charge on any atom is 0.188 e. The monoisotopic (exact) mass is 459 g/mol. The minimum Gasteiger partial charge on any atom is -0.456 e. The molecule has 166 valence electrons. The Hall–Kier alpha value is -5.07. The zero-order valence-corrected chi connectivity index (χ0v) is 19.1. The lowest BCUT2D eigenvalue weighted by molar-refractivity contribution is 0.668. The summed E-state index contributed by atoms with van der Waals surface area (Å²) in [6.07, 6.45) is 0. The fourth-order valence-electron chi connectivity index (χ4n) is 5.53. The van der Waals surface area contributed by atoms with Gasteiger partial charge in [-0.2, -0.15) is 0 Å². The van der Waals surface area contributed by atoms with Gasteiger partial charge in [0.25, 0.3) is 0 Å². The van der Waals surface area contributed by atoms with Gasteiger partial charge in [0.2, 0.25) is 0 Å². The summed E-state index contributed by atoms with van der Waals surface area (Å²) in [5.74, 6) is 0. The molecule has 0 saturated carbocycles. The van der Waals surface area contributed by atoms with Gasteiger partial charge in [-0.3, -0.25) is 0 Å². The summed E-state index contributed by atoms with van der Waals surface area (Å²) in [5, 5.41) is 8.92. The molecule has 0 bridgehead atoms. The second-order valence-electron chi connectivity index (χ2n) is 9.25. The van der Waals surface area contributed by atoms with Crippen LogP contribution in [-0.4, -0.2) is 0 Å². The average Bonchev–Trinajstić information content (AvgIpc) is 3.48. The van der Waals surface area contributed by atoms with Crippen LogP contribution >= 0.6 is 0 Å². The number of hydrogen-bond acceptors (Lipinski definition) is 2. The fourth-order valence-corrected chi connectivity index (χ4v) is 5.53. The van der Waals surface area contributed by atoms with E-state index in [1.54, 1.807) is 6.07 Å². The predicted octanol–water partition coefficient (Wildman–Crippen LogP) is 10.0. The lowest BCUT2D eigenvalue weighted by atomic mass is 9.95. The number of fused-ring (bicyclic) bond motifs is 9. The second kappa shape index (κ2) is 6.97. The van der Waals surface area contributed by atoms with Gasteiger partial charge >= 0.3 is 0 Å². The molecule has 3 heteroatoms. The van der Waals surface area contributed by atoms with Gasteiger partial charge in [0.15, 0.2) is 5.69 Å². The Labute approximate surface area is 205 Å². The van der Waals surface area contributed by atoms with E-state index >= 15 is 0 Å². The largest absolute Gasteiger partial charge is 0.456 e. The minimum absolute atomic E-state index is 0.605. The molecule has 36 heavy (non-hydrogen) atoms. The van der Waals surface area contributed by atoms with Gasteiger partial charge in [0.05, 0.1) is 6.57 Å². The highest BCUT2D eigenvalue weighted by Gasteiger charge is 2.18. The first-order chi connectivity index (χ1) is 17.8. The van der Waals surface area contributed by atoms with Crippen molar-refractivity contribution in [1.29, 1.82) is 0 Å². The van der Waals surface area contributed by atoms with Gasteiger partial charge in [-0.1, -0.05) is 60.7 Å². The van der Waals surface area contributed by atoms with Crippen LogP contribution in [0.4, 0.5) is 5.69 Å². The summed E-state index contributed by atoms with van der Waals surface area (Å²) in [7, 11) is 0. The van der Waals surface area contributed by atoms with E-state index < -0.39 is 0 Å². The van der Waals surface area contributed by atoms with E-state index in [1.807, 2.05) is 18.2 Å². The van der Waals surface area contributed by atoms with E-state index in [2.05, 4.69) is 83.7 Å². The van der Waals surface area contributed by atoms with Crippen molar-refractivity contribution in [2.45, 2.75) is 0 Å². The molecule has 3 nitrogen and oxygen atoms in total. The fraction of sp³-hybridized carbons (Fsp3) is 0. The van der Waals surface area contributed by atoms with Crippen LogP contribution in [-0.2, 0) is 0 Å². The molecular formula is C33H17NO2. The van der Waals surface area contributed by atoms with Crippen LogP contribution in [0.5, 0.6) is 0 Å². The molecule has 0 spiro atoms. The second-order valence-corrected chi connectivity index (χ2v) is 9.25. The van der Waals surface area contributed by atoms with E-state index in [9.17, 15) is 0 Å². The zero-order valence-electron chi connectivity index (χ0n) is 19.1. The highest BCUT2D eigenvalue weighted by Crippen LogP contribution is 2.43. The van der Waals surface area contributed by atoms with Gasteiger partial charge in [-0.15, -0.1) is 0 Å². The summed E-state index contributed by atoms with van der Waals surface area (Å²) in [5.41, 5.74) is 6.07. The van der Waals surface area contributed by atoms with Crippen LogP contribution in [0.15, 0.2) is 112 Å². The average molecular weight is 460 g/mol.